The number of benzene rings is 1. The number of carbonyl (C=O) groups excluding carboxylic acids is 1. The number of nitrogens with zero attached hydrogens (tertiary/aromatic N) is 2. The molecule has 2 heterocycles. The normalized spacial score (nSPS) is 24.0. The van der Waals surface area contributed by atoms with Gasteiger partial charge in [0, 0.05) is 51.4 Å². The summed E-state index contributed by atoms with van der Waals surface area (Å²) in [6.45, 7) is 5.48. The number of β-amino-alcohol motifs (C(OH)–C–C–N with tert-alkyl or cyclic N) is 1. The number of ether oxygens (including phenoxy) is 1. The van der Waals surface area contributed by atoms with Crippen molar-refractivity contribution < 1.29 is 23.1 Å². The summed E-state index contributed by atoms with van der Waals surface area (Å²) in [5.74, 6) is 1.10. The molecule has 0 bridgehead atoms. The van der Waals surface area contributed by atoms with Crippen molar-refractivity contribution in [2.24, 2.45) is 0 Å². The minimum absolute atomic E-state index is 0.126. The van der Waals surface area contributed by atoms with Gasteiger partial charge in [0.1, 0.15) is 18.5 Å². The predicted octanol–water partition coefficient (Wildman–Crippen LogP) is 0.189. The van der Waals surface area contributed by atoms with E-state index in [1.165, 1.54) is 6.92 Å². The van der Waals surface area contributed by atoms with Crippen molar-refractivity contribution in [1.82, 2.24) is 9.80 Å². The van der Waals surface area contributed by atoms with Crippen molar-refractivity contribution in [2.75, 3.05) is 56.2 Å². The summed E-state index contributed by atoms with van der Waals surface area (Å²) in [4.78, 5) is 15.5. The highest BCUT2D eigenvalue weighted by Gasteiger charge is 2.33. The highest BCUT2D eigenvalue weighted by molar-refractivity contribution is 7.91. The Morgan fingerprint density at radius 3 is 2.50 bits per heavy atom. The van der Waals surface area contributed by atoms with E-state index < -0.39 is 15.9 Å². The summed E-state index contributed by atoms with van der Waals surface area (Å²) in [5, 5.41) is 13.0. The monoisotopic (exact) mass is 411 g/mol. The van der Waals surface area contributed by atoms with Crippen LogP contribution in [0.4, 0.5) is 5.69 Å². The molecule has 2 N–H and O–H groups in total. The molecule has 8 nitrogen and oxygen atoms in total. The summed E-state index contributed by atoms with van der Waals surface area (Å²) < 4.78 is 28.9. The zero-order valence-electron chi connectivity index (χ0n) is 16.2. The van der Waals surface area contributed by atoms with Gasteiger partial charge in [0.25, 0.3) is 0 Å². The van der Waals surface area contributed by atoms with Crippen LogP contribution in [0, 0.1) is 0 Å². The molecule has 2 fully saturated rings. The van der Waals surface area contributed by atoms with Crippen molar-refractivity contribution in [3.8, 4) is 5.75 Å². The van der Waals surface area contributed by atoms with Crippen molar-refractivity contribution >= 4 is 21.4 Å². The van der Waals surface area contributed by atoms with Gasteiger partial charge in [-0.25, -0.2) is 8.42 Å². The maximum atomic E-state index is 11.6. The second kappa shape index (κ2) is 9.21. The van der Waals surface area contributed by atoms with Crippen LogP contribution < -0.4 is 10.1 Å². The molecule has 0 saturated carbocycles. The number of nitrogens with one attached hydrogen (secondary N) is 1. The molecule has 2 unspecified atom stereocenters. The molecular weight excluding hydrogens is 382 g/mol. The van der Waals surface area contributed by atoms with E-state index in [0.717, 1.165) is 32.6 Å². The van der Waals surface area contributed by atoms with Crippen molar-refractivity contribution in [3.05, 3.63) is 24.3 Å². The van der Waals surface area contributed by atoms with Gasteiger partial charge in [-0.3, -0.25) is 14.6 Å². The van der Waals surface area contributed by atoms with Gasteiger partial charge in [0.15, 0.2) is 9.84 Å². The Kier molecular flexibility index (Phi) is 6.92. The van der Waals surface area contributed by atoms with Crippen LogP contribution in [0.1, 0.15) is 13.3 Å². The van der Waals surface area contributed by atoms with Crippen LogP contribution in [0.2, 0.25) is 0 Å². The Morgan fingerprint density at radius 1 is 1.25 bits per heavy atom. The van der Waals surface area contributed by atoms with E-state index >= 15 is 0 Å². The van der Waals surface area contributed by atoms with E-state index in [1.807, 2.05) is 0 Å². The zero-order valence-corrected chi connectivity index (χ0v) is 17.0. The molecule has 0 radical (unpaired) electrons. The van der Waals surface area contributed by atoms with E-state index in [0.29, 0.717) is 23.7 Å². The molecular formula is C19H29N3O5S. The van der Waals surface area contributed by atoms with Crippen LogP contribution in [-0.4, -0.2) is 92.2 Å². The van der Waals surface area contributed by atoms with Gasteiger partial charge >= 0.3 is 0 Å². The maximum Gasteiger partial charge on any atom is 0.221 e. The van der Waals surface area contributed by atoms with Crippen LogP contribution in [0.5, 0.6) is 5.75 Å². The molecule has 1 aromatic carbocycles. The van der Waals surface area contributed by atoms with Gasteiger partial charge in [-0.05, 0) is 30.7 Å². The molecule has 2 aliphatic rings. The average Bonchev–Trinajstić information content (AvgIpc) is 3.01. The molecule has 0 spiro atoms. The highest BCUT2D eigenvalue weighted by atomic mass is 32.2. The first-order valence-corrected chi connectivity index (χ1v) is 11.5. The van der Waals surface area contributed by atoms with Crippen LogP contribution >= 0.6 is 0 Å². The molecule has 0 aromatic heterocycles. The number of carbonyl (C=O) groups is 1. The van der Waals surface area contributed by atoms with Crippen molar-refractivity contribution in [1.29, 1.82) is 0 Å². The van der Waals surface area contributed by atoms with Crippen LogP contribution in [0.3, 0.4) is 0 Å². The molecule has 2 aliphatic heterocycles. The second-order valence-electron chi connectivity index (χ2n) is 7.56. The lowest BCUT2D eigenvalue weighted by atomic mass is 10.2. The quantitative estimate of drug-likeness (QED) is 0.661. The number of aliphatic hydroxyl groups excluding tert-OH is 1. The third-order valence-electron chi connectivity index (χ3n) is 5.22. The van der Waals surface area contributed by atoms with Gasteiger partial charge in [-0.1, -0.05) is 0 Å². The summed E-state index contributed by atoms with van der Waals surface area (Å²) in [5.41, 5.74) is 0.702. The Labute approximate surface area is 166 Å². The molecule has 2 atom stereocenters. The zero-order chi connectivity index (χ0) is 20.1. The lowest BCUT2D eigenvalue weighted by molar-refractivity contribution is -0.114. The first kappa shape index (κ1) is 21.0. The van der Waals surface area contributed by atoms with E-state index in [9.17, 15) is 18.3 Å². The lowest BCUT2D eigenvalue weighted by Crippen LogP contribution is -2.52. The first-order chi connectivity index (χ1) is 13.3. The number of amides is 1. The minimum atomic E-state index is -2.85. The largest absolute Gasteiger partial charge is 0.491 e. The van der Waals surface area contributed by atoms with E-state index in [4.69, 9.17) is 4.74 Å². The topological polar surface area (TPSA) is 99.2 Å². The Balaban J connectivity index is 1.36. The molecule has 1 amide bonds. The van der Waals surface area contributed by atoms with Crippen LogP contribution in [-0.2, 0) is 14.6 Å². The fourth-order valence-corrected chi connectivity index (χ4v) is 5.52. The van der Waals surface area contributed by atoms with Crippen LogP contribution in [0.15, 0.2) is 24.3 Å². The second-order valence-corrected chi connectivity index (χ2v) is 9.79. The molecule has 2 saturated heterocycles. The third-order valence-corrected chi connectivity index (χ3v) is 6.97. The SMILES string of the molecule is CC(=O)Nc1ccc(OCC(O)CN2CCN(C3CCS(=O)(=O)C3)CC2)cc1. The number of hydrogen-bond donors (Lipinski definition) is 2. The Hall–Kier alpha value is -1.68. The third kappa shape index (κ3) is 6.16. The van der Waals surface area contributed by atoms with Gasteiger partial charge in [0.2, 0.25) is 5.91 Å². The summed E-state index contributed by atoms with van der Waals surface area (Å²) in [6.07, 6.45) is 0.132. The summed E-state index contributed by atoms with van der Waals surface area (Å²) in [6, 6.07) is 7.18. The van der Waals surface area contributed by atoms with Gasteiger partial charge in [-0.15, -0.1) is 0 Å². The average molecular weight is 412 g/mol. The molecule has 1 aromatic rings. The van der Waals surface area contributed by atoms with Gasteiger partial charge in [0.05, 0.1) is 11.5 Å². The smallest absolute Gasteiger partial charge is 0.221 e. The fraction of sp³-hybridized carbons (Fsp3) is 0.632. The predicted molar refractivity (Wildman–Crippen MR) is 107 cm³/mol. The van der Waals surface area contributed by atoms with Crippen LogP contribution in [0.25, 0.3) is 0 Å². The molecule has 0 aliphatic carbocycles. The van der Waals surface area contributed by atoms with Crippen molar-refractivity contribution in [3.63, 3.8) is 0 Å². The standard InChI is InChI=1S/C19H29N3O5S/c1-15(23)20-16-2-4-19(5-3-16)27-13-18(24)12-21-7-9-22(10-8-21)17-6-11-28(25,26)14-17/h2-5,17-18,24H,6-14H2,1H3,(H,20,23). The van der Waals surface area contributed by atoms with Gasteiger partial charge in [-0.2, -0.15) is 0 Å². The minimum Gasteiger partial charge on any atom is -0.491 e. The number of sulfone groups is 1. The molecule has 28 heavy (non-hydrogen) atoms. The summed E-state index contributed by atoms with van der Waals surface area (Å²) >= 11 is 0. The Morgan fingerprint density at radius 2 is 1.93 bits per heavy atom. The molecule has 9 heteroatoms. The van der Waals surface area contributed by atoms with Crippen molar-refractivity contribution in [2.45, 2.75) is 25.5 Å². The van der Waals surface area contributed by atoms with E-state index in [-0.39, 0.29) is 24.3 Å². The number of anilines is 1. The fourth-order valence-electron chi connectivity index (χ4n) is 3.76. The lowest BCUT2D eigenvalue weighted by Gasteiger charge is -2.38. The Bertz CT molecular complexity index is 760. The van der Waals surface area contributed by atoms with Gasteiger partial charge < -0.3 is 15.2 Å². The van der Waals surface area contributed by atoms with E-state index in [2.05, 4.69) is 15.1 Å². The molecule has 156 valence electrons. The highest BCUT2D eigenvalue weighted by Crippen LogP contribution is 2.19. The molecule has 3 rings (SSSR count). The number of aliphatic hydroxyl groups is 1. The first-order valence-electron chi connectivity index (χ1n) is 9.66. The number of piperazine rings is 1. The summed E-state index contributed by atoms with van der Waals surface area (Å²) in [7, 11) is -2.85. The number of rotatable bonds is 7. The number of hydrogen-bond acceptors (Lipinski definition) is 7. The van der Waals surface area contributed by atoms with E-state index in [1.54, 1.807) is 24.3 Å². The maximum absolute atomic E-state index is 11.6.